The van der Waals surface area contributed by atoms with Crippen molar-refractivity contribution in [2.45, 2.75) is 0 Å². The van der Waals surface area contributed by atoms with Crippen LogP contribution >= 0.6 is 17.0 Å². The average molecular weight is 191 g/mol. The summed E-state index contributed by atoms with van der Waals surface area (Å²) in [5.41, 5.74) is 0. The van der Waals surface area contributed by atoms with Gasteiger partial charge in [-0.15, -0.1) is 17.0 Å². The van der Waals surface area contributed by atoms with Gasteiger partial charge in [-0.3, -0.25) is 0 Å². The molecule has 0 amide bonds. The van der Waals surface area contributed by atoms with Gasteiger partial charge in [0.15, 0.2) is 0 Å². The highest BCUT2D eigenvalue weighted by Gasteiger charge is 1.85. The molecule has 9 heavy (non-hydrogen) atoms. The predicted octanol–water partition coefficient (Wildman–Crippen LogP) is 1.68. The minimum Gasteiger partial charge on any atom is -0.508 e. The van der Waals surface area contributed by atoms with Gasteiger partial charge in [-0.2, -0.15) is 0 Å². The number of halogens is 1. The van der Waals surface area contributed by atoms with Gasteiger partial charge in [0.2, 0.25) is 0 Å². The Balaban J connectivity index is 0.000000640. The van der Waals surface area contributed by atoms with Crippen LogP contribution in [0.4, 0.5) is 0 Å². The van der Waals surface area contributed by atoms with Gasteiger partial charge >= 0.3 is 0 Å². The molecule has 0 aliphatic rings. The van der Waals surface area contributed by atoms with E-state index in [0.717, 1.165) is 0 Å². The summed E-state index contributed by atoms with van der Waals surface area (Å²) in [5, 5.41) is 17.3. The highest BCUT2D eigenvalue weighted by Crippen LogP contribution is 2.14. The van der Waals surface area contributed by atoms with Crippen LogP contribution in [0.5, 0.6) is 11.5 Å². The lowest BCUT2D eigenvalue weighted by Crippen LogP contribution is -1.61. The molecule has 0 spiro atoms. The van der Waals surface area contributed by atoms with E-state index in [1.54, 1.807) is 6.07 Å². The zero-order valence-electron chi connectivity index (χ0n) is 4.61. The third-order valence-electron chi connectivity index (χ3n) is 0.830. The molecule has 0 unspecified atom stereocenters. The van der Waals surface area contributed by atoms with Gasteiger partial charge in [-0.25, -0.2) is 0 Å². The van der Waals surface area contributed by atoms with Gasteiger partial charge in [0.25, 0.3) is 0 Å². The van der Waals surface area contributed by atoms with E-state index >= 15 is 0 Å². The molecule has 0 bridgehead atoms. The van der Waals surface area contributed by atoms with Gasteiger partial charge in [0.1, 0.15) is 11.5 Å². The number of phenolic OH excluding ortho intramolecular Hbond substituents is 2. The Labute approximate surface area is 63.5 Å². The summed E-state index contributed by atoms with van der Waals surface area (Å²) in [4.78, 5) is 0. The van der Waals surface area contributed by atoms with Crippen molar-refractivity contribution in [3.63, 3.8) is 0 Å². The van der Waals surface area contributed by atoms with Crippen LogP contribution in [0, 0.1) is 0 Å². The molecule has 2 nitrogen and oxygen atoms in total. The average Bonchev–Trinajstić information content (AvgIpc) is 1.64. The zero-order valence-corrected chi connectivity index (χ0v) is 6.33. The van der Waals surface area contributed by atoms with Crippen LogP contribution in [0.3, 0.4) is 0 Å². The lowest BCUT2D eigenvalue weighted by Gasteiger charge is -1.89. The normalized spacial score (nSPS) is 8.00. The quantitative estimate of drug-likeness (QED) is 0.654. The van der Waals surface area contributed by atoms with Crippen LogP contribution in [0.1, 0.15) is 0 Å². The van der Waals surface area contributed by atoms with Crippen molar-refractivity contribution in [3.8, 4) is 11.5 Å². The molecule has 0 aliphatic heterocycles. The van der Waals surface area contributed by atoms with Crippen LogP contribution in [0.25, 0.3) is 0 Å². The Morgan fingerprint density at radius 1 is 1.00 bits per heavy atom. The fourth-order valence-electron chi connectivity index (χ4n) is 0.493. The maximum atomic E-state index is 8.65. The second-order valence-electron chi connectivity index (χ2n) is 1.52. The number of aromatic hydroxyl groups is 2. The summed E-state index contributed by atoms with van der Waals surface area (Å²) in [6, 6.07) is 5.85. The van der Waals surface area contributed by atoms with E-state index < -0.39 is 0 Å². The topological polar surface area (TPSA) is 40.5 Å². The molecule has 0 aliphatic carbocycles. The second kappa shape index (κ2) is 3.35. The fourth-order valence-corrected chi connectivity index (χ4v) is 0.493. The van der Waals surface area contributed by atoms with Crippen molar-refractivity contribution < 1.29 is 10.2 Å². The monoisotopic (exact) mass is 190 g/mol. The molecule has 1 aromatic carbocycles. The maximum absolute atomic E-state index is 8.65. The minimum absolute atomic E-state index is 0. The number of phenols is 2. The molecule has 0 radical (unpaired) electrons. The van der Waals surface area contributed by atoms with E-state index in [1.165, 1.54) is 18.2 Å². The number of hydrogen-bond donors (Lipinski definition) is 2. The summed E-state index contributed by atoms with van der Waals surface area (Å²) in [6.45, 7) is 0. The standard InChI is InChI=1S/C6H6O2.BrH/c7-5-2-1-3-6(8)4-5;/h1-4,7-8H;1H. The number of benzene rings is 1. The fraction of sp³-hybridized carbons (Fsp3) is 0. The van der Waals surface area contributed by atoms with E-state index in [9.17, 15) is 0 Å². The number of hydrogen-bond acceptors (Lipinski definition) is 2. The molecule has 0 saturated heterocycles. The summed E-state index contributed by atoms with van der Waals surface area (Å²) < 4.78 is 0. The van der Waals surface area contributed by atoms with Crippen LogP contribution in [-0.4, -0.2) is 10.2 Å². The Hall–Kier alpha value is -0.700. The Kier molecular flexibility index (Phi) is 3.09. The lowest BCUT2D eigenvalue weighted by molar-refractivity contribution is 0.450. The first-order chi connectivity index (χ1) is 3.79. The second-order valence-corrected chi connectivity index (χ2v) is 1.52. The largest absolute Gasteiger partial charge is 0.508 e. The molecule has 0 aromatic heterocycles. The molecule has 1 aromatic rings. The minimum atomic E-state index is 0. The van der Waals surface area contributed by atoms with E-state index in [0.29, 0.717) is 0 Å². The van der Waals surface area contributed by atoms with Gasteiger partial charge < -0.3 is 10.2 Å². The Morgan fingerprint density at radius 3 is 1.67 bits per heavy atom. The van der Waals surface area contributed by atoms with Gasteiger partial charge in [0, 0.05) is 6.07 Å². The highest BCUT2D eigenvalue weighted by atomic mass is 79.9. The van der Waals surface area contributed by atoms with Crippen LogP contribution < -0.4 is 0 Å². The third kappa shape index (κ3) is 2.37. The molecule has 0 fully saturated rings. The Morgan fingerprint density at radius 2 is 1.44 bits per heavy atom. The molecule has 0 saturated carbocycles. The molecule has 1 rings (SSSR count). The van der Waals surface area contributed by atoms with E-state index in [1.807, 2.05) is 0 Å². The summed E-state index contributed by atoms with van der Waals surface area (Å²) in [7, 11) is 0. The maximum Gasteiger partial charge on any atom is 0.119 e. The summed E-state index contributed by atoms with van der Waals surface area (Å²) in [6.07, 6.45) is 0. The van der Waals surface area contributed by atoms with Crippen molar-refractivity contribution in [2.75, 3.05) is 0 Å². The van der Waals surface area contributed by atoms with Crippen molar-refractivity contribution >= 4 is 17.0 Å². The van der Waals surface area contributed by atoms with Crippen molar-refractivity contribution in [3.05, 3.63) is 24.3 Å². The molecular weight excluding hydrogens is 184 g/mol. The van der Waals surface area contributed by atoms with Crippen LogP contribution in [0.15, 0.2) is 24.3 Å². The van der Waals surface area contributed by atoms with Gasteiger partial charge in [-0.05, 0) is 12.1 Å². The molecular formula is C6H7BrO2. The van der Waals surface area contributed by atoms with Crippen LogP contribution in [0.2, 0.25) is 0 Å². The first-order valence-electron chi connectivity index (χ1n) is 2.27. The number of rotatable bonds is 0. The summed E-state index contributed by atoms with van der Waals surface area (Å²) in [5.74, 6) is 0.176. The molecule has 2 N–H and O–H groups in total. The SMILES string of the molecule is Br.Oc1cccc(O)c1. The molecule has 50 valence electrons. The zero-order chi connectivity index (χ0) is 5.98. The van der Waals surface area contributed by atoms with E-state index in [2.05, 4.69) is 0 Å². The third-order valence-corrected chi connectivity index (χ3v) is 0.830. The van der Waals surface area contributed by atoms with Crippen molar-refractivity contribution in [2.24, 2.45) is 0 Å². The first kappa shape index (κ1) is 8.30. The molecule has 0 heterocycles. The Bertz CT molecular complexity index is 171. The smallest absolute Gasteiger partial charge is 0.119 e. The van der Waals surface area contributed by atoms with Crippen LogP contribution in [-0.2, 0) is 0 Å². The molecule has 0 atom stereocenters. The van der Waals surface area contributed by atoms with E-state index in [4.69, 9.17) is 10.2 Å². The predicted molar refractivity (Wildman–Crippen MR) is 40.1 cm³/mol. The van der Waals surface area contributed by atoms with Crippen molar-refractivity contribution in [1.82, 2.24) is 0 Å². The van der Waals surface area contributed by atoms with Crippen molar-refractivity contribution in [1.29, 1.82) is 0 Å². The molecule has 3 heteroatoms. The highest BCUT2D eigenvalue weighted by molar-refractivity contribution is 8.93. The first-order valence-corrected chi connectivity index (χ1v) is 2.27. The van der Waals surface area contributed by atoms with E-state index in [-0.39, 0.29) is 28.5 Å². The van der Waals surface area contributed by atoms with Gasteiger partial charge in [0.05, 0.1) is 0 Å². The lowest BCUT2D eigenvalue weighted by atomic mass is 10.3. The summed E-state index contributed by atoms with van der Waals surface area (Å²) >= 11 is 0. The van der Waals surface area contributed by atoms with Gasteiger partial charge in [-0.1, -0.05) is 6.07 Å².